The van der Waals surface area contributed by atoms with E-state index >= 15 is 0 Å². The van der Waals surface area contributed by atoms with Gasteiger partial charge in [0.1, 0.15) is 13.2 Å². The predicted molar refractivity (Wildman–Crippen MR) is 330 cm³/mol. The summed E-state index contributed by atoms with van der Waals surface area (Å²) in [7, 11) is 0. The molecule has 0 amide bonds. The zero-order valence-corrected chi connectivity index (χ0v) is 51.6. The van der Waals surface area contributed by atoms with Crippen LogP contribution in [0, 0.1) is 0 Å². The average Bonchev–Trinajstić information content (AvgIpc) is 3.42. The summed E-state index contributed by atoms with van der Waals surface area (Å²) in [5, 5.41) is 0. The van der Waals surface area contributed by atoms with Crippen LogP contribution >= 0.6 is 0 Å². The van der Waals surface area contributed by atoms with E-state index < -0.39 is 6.10 Å². The van der Waals surface area contributed by atoms with E-state index in [1.165, 1.54) is 276 Å². The van der Waals surface area contributed by atoms with Crippen LogP contribution in [0.3, 0.4) is 0 Å². The molecule has 0 aliphatic rings. The summed E-state index contributed by atoms with van der Waals surface area (Å²) in [6.45, 7) is 6.65. The number of allylic oxidation sites excluding steroid dienone is 4. The second-order valence-corrected chi connectivity index (χ2v) is 23.5. The highest BCUT2D eigenvalue weighted by molar-refractivity contribution is 5.71. The molecule has 0 saturated carbocycles. The van der Waals surface area contributed by atoms with E-state index in [1.807, 2.05) is 0 Å². The summed E-state index contributed by atoms with van der Waals surface area (Å²) in [6, 6.07) is 0. The van der Waals surface area contributed by atoms with Gasteiger partial charge in [-0.2, -0.15) is 0 Å². The van der Waals surface area contributed by atoms with Crippen molar-refractivity contribution in [3.8, 4) is 0 Å². The van der Waals surface area contributed by atoms with Crippen LogP contribution < -0.4 is 0 Å². The summed E-state index contributed by atoms with van der Waals surface area (Å²) in [5.41, 5.74) is 0. The molecule has 0 radical (unpaired) electrons. The lowest BCUT2D eigenvalue weighted by Crippen LogP contribution is -2.30. The summed E-state index contributed by atoms with van der Waals surface area (Å²) in [5.74, 6) is -0.855. The summed E-state index contributed by atoms with van der Waals surface area (Å²) < 4.78 is 16.9. The van der Waals surface area contributed by atoms with Crippen LogP contribution in [0.25, 0.3) is 0 Å². The van der Waals surface area contributed by atoms with Crippen molar-refractivity contribution in [3.05, 3.63) is 24.3 Å². The fourth-order valence-electron chi connectivity index (χ4n) is 10.5. The van der Waals surface area contributed by atoms with Gasteiger partial charge in [0.15, 0.2) is 6.10 Å². The smallest absolute Gasteiger partial charge is 0.306 e. The number of esters is 3. The van der Waals surface area contributed by atoms with Crippen LogP contribution in [0.5, 0.6) is 0 Å². The highest BCUT2D eigenvalue weighted by atomic mass is 16.6. The molecule has 0 aromatic heterocycles. The second-order valence-electron chi connectivity index (χ2n) is 23.5. The van der Waals surface area contributed by atoms with Gasteiger partial charge >= 0.3 is 17.9 Å². The predicted octanol–water partition coefficient (Wildman–Crippen LogP) is 23.4. The lowest BCUT2D eigenvalue weighted by atomic mass is 10.0. The van der Waals surface area contributed by atoms with Gasteiger partial charge in [0.2, 0.25) is 0 Å². The quantitative estimate of drug-likeness (QED) is 0.0261. The Morgan fingerprint density at radius 2 is 0.474 bits per heavy atom. The third-order valence-electron chi connectivity index (χ3n) is 15.7. The Morgan fingerprint density at radius 3 is 0.750 bits per heavy atom. The summed E-state index contributed by atoms with van der Waals surface area (Å²) >= 11 is 0. The molecule has 0 N–H and O–H groups in total. The van der Waals surface area contributed by atoms with Gasteiger partial charge in [0.05, 0.1) is 0 Å². The molecule has 0 spiro atoms. The molecule has 0 saturated heterocycles. The Balaban J connectivity index is 4.01. The Kier molecular flexibility index (Phi) is 63.6. The molecule has 0 aliphatic carbocycles. The summed E-state index contributed by atoms with van der Waals surface area (Å²) in [4.78, 5) is 38.2. The van der Waals surface area contributed by atoms with E-state index in [9.17, 15) is 14.4 Å². The Hall–Kier alpha value is -2.11. The van der Waals surface area contributed by atoms with Gasteiger partial charge in [-0.3, -0.25) is 14.4 Å². The maximum Gasteiger partial charge on any atom is 0.306 e. The van der Waals surface area contributed by atoms with Gasteiger partial charge < -0.3 is 14.2 Å². The zero-order valence-electron chi connectivity index (χ0n) is 51.6. The second kappa shape index (κ2) is 65.4. The monoisotopic (exact) mass is 1070 g/mol. The first-order chi connectivity index (χ1) is 37.5. The fraction of sp³-hybridized carbons (Fsp3) is 0.900. The van der Waals surface area contributed by atoms with Crippen LogP contribution in [0.2, 0.25) is 0 Å². The number of carbonyl (C=O) groups is 3. The molecule has 76 heavy (non-hydrogen) atoms. The van der Waals surface area contributed by atoms with Crippen LogP contribution in [0.15, 0.2) is 24.3 Å². The van der Waals surface area contributed by atoms with Crippen molar-refractivity contribution in [2.75, 3.05) is 13.2 Å². The molecular weight excluding hydrogens is 937 g/mol. The standard InChI is InChI=1S/C70H132O6/c1-4-7-10-13-16-19-21-23-25-27-28-29-30-31-32-33-34-35-36-37-38-39-40-41-43-44-46-48-51-54-57-60-63-69(72)75-66-67(65-74-68(71)62-59-56-53-50-18-15-12-9-6-3)76-70(73)64-61-58-55-52-49-47-45-42-26-24-22-20-17-14-11-8-5-2/h17,20,24,26,67H,4-16,18-19,21-23,25,27-66H2,1-3H3/b20-17-,26-24-. The molecule has 0 aromatic rings. The van der Waals surface area contributed by atoms with Crippen molar-refractivity contribution in [1.29, 1.82) is 0 Å². The van der Waals surface area contributed by atoms with Crippen molar-refractivity contribution < 1.29 is 28.6 Å². The highest BCUT2D eigenvalue weighted by Gasteiger charge is 2.19. The minimum absolute atomic E-state index is 0.0690. The van der Waals surface area contributed by atoms with Gasteiger partial charge in [-0.1, -0.05) is 340 Å². The SMILES string of the molecule is CCCCC/C=C\C/C=C\CCCCCCCCCC(=O)OC(COC(=O)CCCCCCCCCCC)COC(=O)CCCCCCCCCCCCCCCCCCCCCCCCCCCCCCCCCC. The van der Waals surface area contributed by atoms with Crippen LogP contribution in [0.1, 0.15) is 387 Å². The van der Waals surface area contributed by atoms with E-state index in [2.05, 4.69) is 45.1 Å². The van der Waals surface area contributed by atoms with Gasteiger partial charge in [0.25, 0.3) is 0 Å². The molecular formula is C70H132O6. The average molecular weight is 1070 g/mol. The van der Waals surface area contributed by atoms with E-state index in [-0.39, 0.29) is 31.1 Å². The first-order valence-corrected chi connectivity index (χ1v) is 34.3. The van der Waals surface area contributed by atoms with Crippen molar-refractivity contribution in [1.82, 2.24) is 0 Å². The lowest BCUT2D eigenvalue weighted by Gasteiger charge is -2.18. The van der Waals surface area contributed by atoms with Crippen molar-refractivity contribution in [2.45, 2.75) is 393 Å². The molecule has 0 fully saturated rings. The zero-order chi connectivity index (χ0) is 55.0. The van der Waals surface area contributed by atoms with E-state index in [4.69, 9.17) is 14.2 Å². The third-order valence-corrected chi connectivity index (χ3v) is 15.7. The first-order valence-electron chi connectivity index (χ1n) is 34.3. The number of carbonyl (C=O) groups excluding carboxylic acids is 3. The summed E-state index contributed by atoms with van der Waals surface area (Å²) in [6.07, 6.45) is 79.5. The number of hydrogen-bond acceptors (Lipinski definition) is 6. The Morgan fingerprint density at radius 1 is 0.263 bits per heavy atom. The van der Waals surface area contributed by atoms with Crippen LogP contribution in [0.4, 0.5) is 0 Å². The van der Waals surface area contributed by atoms with Crippen molar-refractivity contribution >= 4 is 17.9 Å². The maximum absolute atomic E-state index is 12.9. The topological polar surface area (TPSA) is 78.9 Å². The van der Waals surface area contributed by atoms with E-state index in [1.54, 1.807) is 0 Å². The number of unbranched alkanes of at least 4 members (excludes halogenated alkanes) is 49. The molecule has 6 heteroatoms. The lowest BCUT2D eigenvalue weighted by molar-refractivity contribution is -0.167. The normalized spacial score (nSPS) is 12.1. The van der Waals surface area contributed by atoms with Gasteiger partial charge in [-0.05, 0) is 51.4 Å². The number of ether oxygens (including phenoxy) is 3. The van der Waals surface area contributed by atoms with Gasteiger partial charge in [0, 0.05) is 19.3 Å². The van der Waals surface area contributed by atoms with Crippen LogP contribution in [-0.4, -0.2) is 37.2 Å². The number of rotatable bonds is 64. The van der Waals surface area contributed by atoms with Crippen LogP contribution in [-0.2, 0) is 28.6 Å². The molecule has 0 bridgehead atoms. The molecule has 1 unspecified atom stereocenters. The molecule has 0 heterocycles. The van der Waals surface area contributed by atoms with Crippen molar-refractivity contribution in [2.24, 2.45) is 0 Å². The number of hydrogen-bond donors (Lipinski definition) is 0. The molecule has 448 valence electrons. The molecule has 0 aliphatic heterocycles. The van der Waals surface area contributed by atoms with Gasteiger partial charge in [-0.15, -0.1) is 0 Å². The Labute approximate surface area is 474 Å². The fourth-order valence-corrected chi connectivity index (χ4v) is 10.5. The maximum atomic E-state index is 12.9. The minimum Gasteiger partial charge on any atom is -0.462 e. The van der Waals surface area contributed by atoms with Crippen molar-refractivity contribution in [3.63, 3.8) is 0 Å². The first kappa shape index (κ1) is 73.9. The third kappa shape index (κ3) is 62.7. The van der Waals surface area contributed by atoms with E-state index in [0.717, 1.165) is 70.6 Å². The minimum atomic E-state index is -0.771. The van der Waals surface area contributed by atoms with Gasteiger partial charge in [-0.25, -0.2) is 0 Å². The largest absolute Gasteiger partial charge is 0.462 e. The Bertz CT molecular complexity index is 1230. The molecule has 6 nitrogen and oxygen atoms in total. The highest BCUT2D eigenvalue weighted by Crippen LogP contribution is 2.19. The molecule has 1 atom stereocenters. The van der Waals surface area contributed by atoms with E-state index in [0.29, 0.717) is 19.3 Å². The molecule has 0 aromatic carbocycles. The molecule has 0 rings (SSSR count).